The maximum absolute atomic E-state index is 10.3. The van der Waals surface area contributed by atoms with Gasteiger partial charge in [-0.25, -0.2) is 0 Å². The van der Waals surface area contributed by atoms with Crippen LogP contribution >= 0.6 is 0 Å². The van der Waals surface area contributed by atoms with E-state index in [0.717, 1.165) is 12.8 Å². The molecule has 0 aromatic heterocycles. The summed E-state index contributed by atoms with van der Waals surface area (Å²) < 4.78 is 0. The van der Waals surface area contributed by atoms with Crippen LogP contribution in [0.4, 0.5) is 0 Å². The molecule has 0 saturated heterocycles. The molecule has 0 fully saturated rings. The molecule has 19 heavy (non-hydrogen) atoms. The van der Waals surface area contributed by atoms with Gasteiger partial charge in [0.15, 0.2) is 0 Å². The quantitative estimate of drug-likeness (QED) is 0.489. The first-order valence-electron chi connectivity index (χ1n) is 7.85. The van der Waals surface area contributed by atoms with Crippen LogP contribution in [-0.4, -0.2) is 11.1 Å². The second-order valence-electron chi connectivity index (χ2n) is 5.53. The van der Waals surface area contributed by atoms with Gasteiger partial charge in [-0.2, -0.15) is 0 Å². The summed E-state index contributed by atoms with van der Waals surface area (Å²) in [6.45, 7) is 0. The van der Waals surface area contributed by atoms with Crippen molar-refractivity contribution in [2.45, 2.75) is 77.0 Å². The number of carbonyl (C=O) groups is 1. The first-order chi connectivity index (χ1) is 9.29. The molecule has 0 heterocycles. The van der Waals surface area contributed by atoms with Crippen LogP contribution < -0.4 is 0 Å². The number of unbranched alkanes of at least 4 members (excludes halogenated alkanes) is 8. The monoisotopic (exact) mass is 264 g/mol. The van der Waals surface area contributed by atoms with Crippen molar-refractivity contribution in [3.05, 3.63) is 23.8 Å². The number of carboxylic acid groups (broad SMARTS) is 1. The lowest BCUT2D eigenvalue weighted by Crippen LogP contribution is -1.93. The average molecular weight is 264 g/mol. The van der Waals surface area contributed by atoms with Crippen molar-refractivity contribution in [1.29, 1.82) is 0 Å². The molecule has 0 saturated carbocycles. The van der Waals surface area contributed by atoms with Crippen molar-refractivity contribution in [3.8, 4) is 0 Å². The summed E-state index contributed by atoms with van der Waals surface area (Å²) in [6.07, 6.45) is 20.6. The van der Waals surface area contributed by atoms with E-state index in [-0.39, 0.29) is 0 Å². The van der Waals surface area contributed by atoms with E-state index in [1.165, 1.54) is 57.8 Å². The zero-order chi connectivity index (χ0) is 13.8. The Balaban J connectivity index is 1.73. The van der Waals surface area contributed by atoms with E-state index >= 15 is 0 Å². The lowest BCUT2D eigenvalue weighted by atomic mass is 10.0. The molecule has 2 heteroatoms. The van der Waals surface area contributed by atoms with Gasteiger partial charge in [0.1, 0.15) is 0 Å². The molecule has 0 bridgehead atoms. The second kappa shape index (κ2) is 10.8. The van der Waals surface area contributed by atoms with Crippen LogP contribution in [0.3, 0.4) is 0 Å². The molecule has 2 nitrogen and oxygen atoms in total. The molecule has 1 aliphatic rings. The lowest BCUT2D eigenvalue weighted by molar-refractivity contribution is -0.137. The van der Waals surface area contributed by atoms with Gasteiger partial charge in [0.05, 0.1) is 0 Å². The Morgan fingerprint density at radius 2 is 1.53 bits per heavy atom. The molecular weight excluding hydrogens is 236 g/mol. The highest BCUT2D eigenvalue weighted by atomic mass is 16.4. The Bertz CT molecular complexity index is 302. The zero-order valence-corrected chi connectivity index (χ0v) is 12.1. The van der Waals surface area contributed by atoms with Crippen molar-refractivity contribution in [2.75, 3.05) is 0 Å². The first kappa shape index (κ1) is 16.0. The summed E-state index contributed by atoms with van der Waals surface area (Å²) in [5.41, 5.74) is 1.60. The molecule has 0 aromatic carbocycles. The van der Waals surface area contributed by atoms with E-state index in [4.69, 9.17) is 5.11 Å². The van der Waals surface area contributed by atoms with Gasteiger partial charge in [-0.05, 0) is 25.7 Å². The minimum Gasteiger partial charge on any atom is -0.481 e. The highest BCUT2D eigenvalue weighted by Crippen LogP contribution is 2.18. The average Bonchev–Trinajstić information content (AvgIpc) is 2.88. The number of hydrogen-bond donors (Lipinski definition) is 1. The van der Waals surface area contributed by atoms with Gasteiger partial charge in [0.25, 0.3) is 0 Å². The number of aliphatic carboxylic acids is 1. The summed E-state index contributed by atoms with van der Waals surface area (Å²) in [5, 5.41) is 8.51. The number of hydrogen-bond acceptors (Lipinski definition) is 1. The van der Waals surface area contributed by atoms with Crippen LogP contribution in [0.1, 0.15) is 77.0 Å². The molecule has 0 unspecified atom stereocenters. The van der Waals surface area contributed by atoms with Crippen LogP contribution in [0.2, 0.25) is 0 Å². The maximum atomic E-state index is 10.3. The van der Waals surface area contributed by atoms with E-state index in [1.807, 2.05) is 0 Å². The Hall–Kier alpha value is -1.05. The highest BCUT2D eigenvalue weighted by Gasteiger charge is 1.99. The fourth-order valence-electron chi connectivity index (χ4n) is 2.54. The Morgan fingerprint density at radius 3 is 2.05 bits per heavy atom. The predicted octanol–water partition coefficient (Wildman–Crippen LogP) is 5.25. The molecule has 0 aromatic rings. The molecule has 0 spiro atoms. The van der Waals surface area contributed by atoms with Crippen molar-refractivity contribution in [3.63, 3.8) is 0 Å². The molecule has 108 valence electrons. The molecule has 0 atom stereocenters. The predicted molar refractivity (Wildman–Crippen MR) is 80.3 cm³/mol. The fraction of sp³-hybridized carbons (Fsp3) is 0.706. The number of rotatable bonds is 12. The highest BCUT2D eigenvalue weighted by molar-refractivity contribution is 5.66. The Morgan fingerprint density at radius 1 is 0.947 bits per heavy atom. The van der Waals surface area contributed by atoms with Crippen LogP contribution in [0.15, 0.2) is 23.8 Å². The summed E-state index contributed by atoms with van der Waals surface area (Å²) in [7, 11) is 0. The van der Waals surface area contributed by atoms with Crippen molar-refractivity contribution in [2.24, 2.45) is 0 Å². The van der Waals surface area contributed by atoms with Gasteiger partial charge in [-0.1, -0.05) is 68.7 Å². The first-order valence-corrected chi connectivity index (χ1v) is 7.85. The summed E-state index contributed by atoms with van der Waals surface area (Å²) in [4.78, 5) is 10.3. The zero-order valence-electron chi connectivity index (χ0n) is 12.1. The SMILES string of the molecule is O=C(O)CCCCCCCCCCCC1=CC=CC1. The van der Waals surface area contributed by atoms with Crippen LogP contribution in [0.25, 0.3) is 0 Å². The van der Waals surface area contributed by atoms with E-state index in [9.17, 15) is 4.79 Å². The summed E-state index contributed by atoms with van der Waals surface area (Å²) in [6, 6.07) is 0. The van der Waals surface area contributed by atoms with Gasteiger partial charge in [-0.15, -0.1) is 0 Å². The van der Waals surface area contributed by atoms with Crippen LogP contribution in [-0.2, 0) is 4.79 Å². The second-order valence-corrected chi connectivity index (χ2v) is 5.53. The summed E-state index contributed by atoms with van der Waals surface area (Å²) >= 11 is 0. The molecule has 1 aliphatic carbocycles. The van der Waals surface area contributed by atoms with E-state index in [0.29, 0.717) is 6.42 Å². The molecular formula is C17H28O2. The fourth-order valence-corrected chi connectivity index (χ4v) is 2.54. The molecule has 0 radical (unpaired) electrons. The third-order valence-corrected chi connectivity index (χ3v) is 3.74. The van der Waals surface area contributed by atoms with Gasteiger partial charge < -0.3 is 5.11 Å². The number of carboxylic acids is 1. The largest absolute Gasteiger partial charge is 0.481 e. The maximum Gasteiger partial charge on any atom is 0.303 e. The Kier molecular flexibility index (Phi) is 9.13. The standard InChI is InChI=1S/C17H28O2/c18-17(19)15-9-7-5-3-1-2-4-6-8-12-16-13-10-11-14-16/h10-11,13H,1-9,12,14-15H2,(H,18,19). The number of allylic oxidation sites excluding steroid dienone is 4. The Labute approximate surface area is 117 Å². The van der Waals surface area contributed by atoms with Crippen LogP contribution in [0, 0.1) is 0 Å². The van der Waals surface area contributed by atoms with E-state index < -0.39 is 5.97 Å². The van der Waals surface area contributed by atoms with E-state index in [1.54, 1.807) is 5.57 Å². The van der Waals surface area contributed by atoms with Gasteiger partial charge in [-0.3, -0.25) is 4.79 Å². The topological polar surface area (TPSA) is 37.3 Å². The van der Waals surface area contributed by atoms with Crippen molar-refractivity contribution in [1.82, 2.24) is 0 Å². The third-order valence-electron chi connectivity index (χ3n) is 3.74. The minimum atomic E-state index is -0.660. The normalized spacial score (nSPS) is 13.8. The summed E-state index contributed by atoms with van der Waals surface area (Å²) in [5.74, 6) is -0.660. The lowest BCUT2D eigenvalue weighted by Gasteiger charge is -2.03. The molecule has 1 rings (SSSR count). The minimum absolute atomic E-state index is 0.338. The van der Waals surface area contributed by atoms with Crippen molar-refractivity contribution < 1.29 is 9.90 Å². The van der Waals surface area contributed by atoms with Gasteiger partial charge >= 0.3 is 5.97 Å². The smallest absolute Gasteiger partial charge is 0.303 e. The third kappa shape index (κ3) is 9.52. The van der Waals surface area contributed by atoms with Gasteiger partial charge in [0, 0.05) is 6.42 Å². The molecule has 0 amide bonds. The van der Waals surface area contributed by atoms with Gasteiger partial charge in [0.2, 0.25) is 0 Å². The molecule has 0 aliphatic heterocycles. The van der Waals surface area contributed by atoms with Crippen molar-refractivity contribution >= 4 is 5.97 Å². The van der Waals surface area contributed by atoms with Crippen LogP contribution in [0.5, 0.6) is 0 Å². The molecule has 1 N–H and O–H groups in total. The van der Waals surface area contributed by atoms with E-state index in [2.05, 4.69) is 18.2 Å².